The second-order valence-corrected chi connectivity index (χ2v) is 6.85. The first-order valence-corrected chi connectivity index (χ1v) is 8.12. The lowest BCUT2D eigenvalue weighted by atomic mass is 10.4. The van der Waals surface area contributed by atoms with Crippen molar-refractivity contribution < 1.29 is 13.2 Å². The molecule has 0 radical (unpaired) electrons. The van der Waals surface area contributed by atoms with Crippen LogP contribution in [0.5, 0.6) is 0 Å². The summed E-state index contributed by atoms with van der Waals surface area (Å²) in [7, 11) is -3.48. The maximum Gasteiger partial charge on any atom is 0.321 e. The smallest absolute Gasteiger partial charge is 0.321 e. The van der Waals surface area contributed by atoms with Gasteiger partial charge >= 0.3 is 6.03 Å². The predicted molar refractivity (Wildman–Crippen MR) is 80.1 cm³/mol. The van der Waals surface area contributed by atoms with E-state index in [1.807, 2.05) is 0 Å². The minimum Gasteiger partial charge on any atom is -0.322 e. The monoisotopic (exact) mass is 309 g/mol. The van der Waals surface area contributed by atoms with Crippen molar-refractivity contribution >= 4 is 16.1 Å². The molecule has 114 valence electrons. The molecule has 1 aliphatic heterocycles. The molecule has 1 heterocycles. The molecule has 1 aromatic rings. The Morgan fingerprint density at radius 1 is 1.14 bits per heavy atom. The van der Waals surface area contributed by atoms with Crippen LogP contribution in [0.1, 0.15) is 6.92 Å². The van der Waals surface area contributed by atoms with Crippen LogP contribution in [-0.4, -0.2) is 49.8 Å². The third kappa shape index (κ3) is 3.62. The predicted octanol–water partition coefficient (Wildman–Crippen LogP) is 1.24. The Kier molecular flexibility index (Phi) is 4.64. The van der Waals surface area contributed by atoms with E-state index in [1.165, 1.54) is 4.31 Å². The first-order valence-electron chi connectivity index (χ1n) is 6.68. The number of nitrogens with zero attached hydrogens (tertiary/aromatic N) is 2. The number of piperazine rings is 1. The number of sulfonamides is 1. The van der Waals surface area contributed by atoms with Gasteiger partial charge in [0.1, 0.15) is 0 Å². The number of nitrogens with one attached hydrogen (secondary N) is 1. The minimum atomic E-state index is -3.48. The molecule has 1 aromatic carbocycles. The van der Waals surface area contributed by atoms with E-state index in [9.17, 15) is 13.2 Å². The van der Waals surface area contributed by atoms with Crippen LogP contribution in [-0.2, 0) is 10.0 Å². The fourth-order valence-corrected chi connectivity index (χ4v) is 3.58. The summed E-state index contributed by atoms with van der Waals surface area (Å²) in [6.45, 7) is 6.64. The lowest BCUT2D eigenvalue weighted by molar-refractivity contribution is 0.175. The molecular formula is C14H19N3O3S. The van der Waals surface area contributed by atoms with Crippen LogP contribution in [0.25, 0.3) is 0 Å². The Morgan fingerprint density at radius 3 is 2.24 bits per heavy atom. The third-order valence-corrected chi connectivity index (χ3v) is 5.14. The molecule has 1 saturated heterocycles. The largest absolute Gasteiger partial charge is 0.322 e. The molecule has 21 heavy (non-hydrogen) atoms. The number of benzene rings is 1. The highest BCUT2D eigenvalue weighted by atomic mass is 32.2. The summed E-state index contributed by atoms with van der Waals surface area (Å²) in [5, 5.41) is 2.62. The SMILES string of the molecule is C=C(C)NC(=O)N1CCN(S(=O)(=O)c2ccccc2)CC1. The number of amides is 2. The van der Waals surface area contributed by atoms with Gasteiger partial charge < -0.3 is 10.2 Å². The zero-order chi connectivity index (χ0) is 15.5. The van der Waals surface area contributed by atoms with Crippen molar-refractivity contribution in [3.63, 3.8) is 0 Å². The maximum absolute atomic E-state index is 12.4. The second kappa shape index (κ2) is 6.28. The molecule has 0 aromatic heterocycles. The minimum absolute atomic E-state index is 0.237. The number of carbonyl (C=O) groups excluding carboxylic acids is 1. The highest BCUT2D eigenvalue weighted by molar-refractivity contribution is 7.89. The summed E-state index contributed by atoms with van der Waals surface area (Å²) in [6.07, 6.45) is 0. The van der Waals surface area contributed by atoms with E-state index in [2.05, 4.69) is 11.9 Å². The first kappa shape index (κ1) is 15.5. The molecule has 0 spiro atoms. The van der Waals surface area contributed by atoms with Gasteiger partial charge in [-0.05, 0) is 19.1 Å². The summed E-state index contributed by atoms with van der Waals surface area (Å²) in [4.78, 5) is 13.7. The van der Waals surface area contributed by atoms with Crippen LogP contribution in [0.4, 0.5) is 4.79 Å². The molecule has 2 rings (SSSR count). The van der Waals surface area contributed by atoms with Crippen molar-refractivity contribution in [2.45, 2.75) is 11.8 Å². The molecule has 1 aliphatic rings. The zero-order valence-corrected chi connectivity index (χ0v) is 12.8. The van der Waals surface area contributed by atoms with Crippen LogP contribution in [0.3, 0.4) is 0 Å². The molecule has 2 amide bonds. The molecule has 7 heteroatoms. The topological polar surface area (TPSA) is 69.7 Å². The molecule has 0 aliphatic carbocycles. The number of carbonyl (C=O) groups is 1. The van der Waals surface area contributed by atoms with Gasteiger partial charge in [-0.3, -0.25) is 0 Å². The van der Waals surface area contributed by atoms with Crippen LogP contribution < -0.4 is 5.32 Å². The van der Waals surface area contributed by atoms with E-state index >= 15 is 0 Å². The molecule has 1 fully saturated rings. The summed E-state index contributed by atoms with van der Waals surface area (Å²) in [5.74, 6) is 0. The summed E-state index contributed by atoms with van der Waals surface area (Å²) in [5.41, 5.74) is 0.569. The number of rotatable bonds is 3. The Bertz CT molecular complexity index is 620. The van der Waals surface area contributed by atoms with Gasteiger partial charge in [0.15, 0.2) is 0 Å². The molecule has 0 atom stereocenters. The second-order valence-electron chi connectivity index (χ2n) is 4.91. The number of hydrogen-bond donors (Lipinski definition) is 1. The lowest BCUT2D eigenvalue weighted by Crippen LogP contribution is -2.52. The van der Waals surface area contributed by atoms with Gasteiger partial charge in [0.25, 0.3) is 0 Å². The van der Waals surface area contributed by atoms with Gasteiger partial charge in [-0.2, -0.15) is 4.31 Å². The summed E-state index contributed by atoms with van der Waals surface area (Å²) in [6, 6.07) is 8.09. The fourth-order valence-electron chi connectivity index (χ4n) is 2.13. The van der Waals surface area contributed by atoms with Gasteiger partial charge in [-0.1, -0.05) is 24.8 Å². The number of urea groups is 1. The standard InChI is InChI=1S/C14H19N3O3S/c1-12(2)15-14(18)16-8-10-17(11-9-16)21(19,20)13-6-4-3-5-7-13/h3-7H,1,8-11H2,2H3,(H,15,18). The van der Waals surface area contributed by atoms with Crippen LogP contribution in [0, 0.1) is 0 Å². The van der Waals surface area contributed by atoms with Gasteiger partial charge in [0, 0.05) is 31.9 Å². The van der Waals surface area contributed by atoms with Crippen molar-refractivity contribution in [1.82, 2.24) is 14.5 Å². The van der Waals surface area contributed by atoms with Crippen molar-refractivity contribution in [2.24, 2.45) is 0 Å². The summed E-state index contributed by atoms with van der Waals surface area (Å²) < 4.78 is 26.3. The van der Waals surface area contributed by atoms with E-state index in [0.717, 1.165) is 0 Å². The molecule has 1 N–H and O–H groups in total. The van der Waals surface area contributed by atoms with E-state index in [4.69, 9.17) is 0 Å². The van der Waals surface area contributed by atoms with E-state index < -0.39 is 10.0 Å². The van der Waals surface area contributed by atoms with Gasteiger partial charge in [-0.25, -0.2) is 13.2 Å². The average Bonchev–Trinajstić information content (AvgIpc) is 2.47. The highest BCUT2D eigenvalue weighted by Gasteiger charge is 2.29. The van der Waals surface area contributed by atoms with E-state index in [-0.39, 0.29) is 10.9 Å². The molecule has 0 saturated carbocycles. The summed E-state index contributed by atoms with van der Waals surface area (Å²) >= 11 is 0. The maximum atomic E-state index is 12.4. The van der Waals surface area contributed by atoms with Crippen molar-refractivity contribution in [3.05, 3.63) is 42.6 Å². The molecule has 6 nitrogen and oxygen atoms in total. The fraction of sp³-hybridized carbons (Fsp3) is 0.357. The quantitative estimate of drug-likeness (QED) is 0.913. The average molecular weight is 309 g/mol. The Balaban J connectivity index is 2.01. The van der Waals surface area contributed by atoms with E-state index in [1.54, 1.807) is 42.2 Å². The first-order chi connectivity index (χ1) is 9.91. The third-order valence-electron chi connectivity index (χ3n) is 3.23. The van der Waals surface area contributed by atoms with Crippen molar-refractivity contribution in [1.29, 1.82) is 0 Å². The molecule has 0 bridgehead atoms. The Labute approximate surface area is 125 Å². The zero-order valence-electron chi connectivity index (χ0n) is 11.9. The van der Waals surface area contributed by atoms with Crippen LogP contribution in [0.15, 0.2) is 47.5 Å². The van der Waals surface area contributed by atoms with Gasteiger partial charge in [0.2, 0.25) is 10.0 Å². The van der Waals surface area contributed by atoms with Crippen molar-refractivity contribution in [3.8, 4) is 0 Å². The Morgan fingerprint density at radius 2 is 1.71 bits per heavy atom. The van der Waals surface area contributed by atoms with E-state index in [0.29, 0.717) is 31.9 Å². The van der Waals surface area contributed by atoms with Gasteiger partial charge in [0.05, 0.1) is 4.90 Å². The van der Waals surface area contributed by atoms with Crippen molar-refractivity contribution in [2.75, 3.05) is 26.2 Å². The number of allylic oxidation sites excluding steroid dienone is 1. The van der Waals surface area contributed by atoms with Crippen LogP contribution >= 0.6 is 0 Å². The molecular weight excluding hydrogens is 290 g/mol. The molecule has 0 unspecified atom stereocenters. The lowest BCUT2D eigenvalue weighted by Gasteiger charge is -2.34. The van der Waals surface area contributed by atoms with Gasteiger partial charge in [-0.15, -0.1) is 0 Å². The number of hydrogen-bond acceptors (Lipinski definition) is 3. The van der Waals surface area contributed by atoms with Crippen LogP contribution in [0.2, 0.25) is 0 Å². The highest BCUT2D eigenvalue weighted by Crippen LogP contribution is 2.17. The normalized spacial score (nSPS) is 16.5. The Hall–Kier alpha value is -1.86.